The van der Waals surface area contributed by atoms with Crippen molar-refractivity contribution in [2.24, 2.45) is 0 Å². The molecule has 2 aromatic heterocycles. The zero-order valence-corrected chi connectivity index (χ0v) is 14.6. The monoisotopic (exact) mass is 373 g/mol. The summed E-state index contributed by atoms with van der Waals surface area (Å²) in [6.45, 7) is 2.59. The van der Waals surface area contributed by atoms with Gasteiger partial charge in [-0.15, -0.1) is 0 Å². The third-order valence-corrected chi connectivity index (χ3v) is 4.70. The quantitative estimate of drug-likeness (QED) is 0.728. The molecule has 0 fully saturated rings. The standard InChI is InChI=1S/C17H15N3O5S/c1-9(18-16(22)11-3-2-4-23-11)15(21)20-17-19-10-7-12-13(8-14(10)26-17)25-6-5-24-12/h2-4,7-9H,5-6H2,1H3,(H,18,22)(H,19,20,21)/t9-/m1/s1. The van der Waals surface area contributed by atoms with Crippen LogP contribution in [0.1, 0.15) is 17.5 Å². The van der Waals surface area contributed by atoms with E-state index in [1.165, 1.54) is 23.7 Å². The smallest absolute Gasteiger partial charge is 0.287 e. The Morgan fingerprint density at radius 1 is 1.23 bits per heavy atom. The highest BCUT2D eigenvalue weighted by atomic mass is 32.1. The van der Waals surface area contributed by atoms with Gasteiger partial charge in [0, 0.05) is 12.1 Å². The minimum Gasteiger partial charge on any atom is -0.486 e. The molecule has 1 atom stereocenters. The van der Waals surface area contributed by atoms with Crippen molar-refractivity contribution in [2.45, 2.75) is 13.0 Å². The third kappa shape index (κ3) is 3.21. The van der Waals surface area contributed by atoms with Crippen LogP contribution in [0.2, 0.25) is 0 Å². The lowest BCUT2D eigenvalue weighted by Gasteiger charge is -2.17. The lowest BCUT2D eigenvalue weighted by Crippen LogP contribution is -2.41. The van der Waals surface area contributed by atoms with Crippen molar-refractivity contribution in [3.63, 3.8) is 0 Å². The van der Waals surface area contributed by atoms with Gasteiger partial charge >= 0.3 is 0 Å². The van der Waals surface area contributed by atoms with Crippen LogP contribution in [0.25, 0.3) is 10.2 Å². The van der Waals surface area contributed by atoms with Crippen molar-refractivity contribution >= 4 is 38.5 Å². The first-order valence-electron chi connectivity index (χ1n) is 7.95. The predicted molar refractivity (Wildman–Crippen MR) is 94.9 cm³/mol. The van der Waals surface area contributed by atoms with Crippen molar-refractivity contribution in [3.05, 3.63) is 36.3 Å². The minimum absolute atomic E-state index is 0.148. The molecule has 0 spiro atoms. The SMILES string of the molecule is C[C@@H](NC(=O)c1ccco1)C(=O)Nc1nc2cc3c(cc2s1)OCCO3. The fourth-order valence-corrected chi connectivity index (χ4v) is 3.35. The molecule has 1 aliphatic heterocycles. The Balaban J connectivity index is 1.46. The average Bonchev–Trinajstić information content (AvgIpc) is 3.28. The van der Waals surface area contributed by atoms with Crippen molar-refractivity contribution in [2.75, 3.05) is 18.5 Å². The maximum absolute atomic E-state index is 12.3. The molecule has 0 saturated heterocycles. The Hall–Kier alpha value is -3.07. The summed E-state index contributed by atoms with van der Waals surface area (Å²) in [6.07, 6.45) is 1.40. The molecular weight excluding hydrogens is 358 g/mol. The highest BCUT2D eigenvalue weighted by Crippen LogP contribution is 2.37. The van der Waals surface area contributed by atoms with Crippen LogP contribution in [0.5, 0.6) is 11.5 Å². The second-order valence-electron chi connectivity index (χ2n) is 5.64. The van der Waals surface area contributed by atoms with E-state index in [1.807, 2.05) is 6.07 Å². The molecule has 1 aliphatic rings. The van der Waals surface area contributed by atoms with E-state index >= 15 is 0 Å². The van der Waals surface area contributed by atoms with E-state index in [4.69, 9.17) is 13.9 Å². The molecular formula is C17H15N3O5S. The lowest BCUT2D eigenvalue weighted by atomic mass is 10.3. The van der Waals surface area contributed by atoms with Gasteiger partial charge in [-0.3, -0.25) is 9.59 Å². The molecule has 134 valence electrons. The van der Waals surface area contributed by atoms with Crippen LogP contribution < -0.4 is 20.1 Å². The van der Waals surface area contributed by atoms with Crippen LogP contribution >= 0.6 is 11.3 Å². The molecule has 3 heterocycles. The summed E-state index contributed by atoms with van der Waals surface area (Å²) in [7, 11) is 0. The second-order valence-corrected chi connectivity index (χ2v) is 6.67. The zero-order valence-electron chi connectivity index (χ0n) is 13.8. The zero-order chi connectivity index (χ0) is 18.1. The number of nitrogens with zero attached hydrogens (tertiary/aromatic N) is 1. The number of carbonyl (C=O) groups excluding carboxylic acids is 2. The molecule has 0 unspecified atom stereocenters. The third-order valence-electron chi connectivity index (χ3n) is 3.77. The predicted octanol–water partition coefficient (Wildman–Crippen LogP) is 2.42. The molecule has 8 nitrogen and oxygen atoms in total. The topological polar surface area (TPSA) is 103 Å². The summed E-state index contributed by atoms with van der Waals surface area (Å²) < 4.78 is 17.0. The fourth-order valence-electron chi connectivity index (χ4n) is 2.47. The van der Waals surface area contributed by atoms with Crippen LogP contribution in [0, 0.1) is 0 Å². The molecule has 1 aromatic carbocycles. The van der Waals surface area contributed by atoms with Crippen molar-refractivity contribution in [3.8, 4) is 11.5 Å². The first-order chi connectivity index (χ1) is 12.6. The molecule has 26 heavy (non-hydrogen) atoms. The van der Waals surface area contributed by atoms with E-state index in [-0.39, 0.29) is 11.7 Å². The fraction of sp³-hybridized carbons (Fsp3) is 0.235. The van der Waals surface area contributed by atoms with E-state index < -0.39 is 11.9 Å². The van der Waals surface area contributed by atoms with E-state index in [0.29, 0.717) is 35.4 Å². The van der Waals surface area contributed by atoms with Crippen molar-refractivity contribution < 1.29 is 23.5 Å². The highest BCUT2D eigenvalue weighted by molar-refractivity contribution is 7.22. The summed E-state index contributed by atoms with van der Waals surface area (Å²) in [5.41, 5.74) is 0.710. The number of nitrogens with one attached hydrogen (secondary N) is 2. The van der Waals surface area contributed by atoms with E-state index in [9.17, 15) is 9.59 Å². The number of ether oxygens (including phenoxy) is 2. The van der Waals surface area contributed by atoms with Gasteiger partial charge in [0.15, 0.2) is 22.4 Å². The summed E-state index contributed by atoms with van der Waals surface area (Å²) in [5.74, 6) is 0.635. The summed E-state index contributed by atoms with van der Waals surface area (Å²) in [5, 5.41) is 5.72. The summed E-state index contributed by atoms with van der Waals surface area (Å²) in [4.78, 5) is 28.6. The number of hydrogen-bond donors (Lipinski definition) is 2. The maximum Gasteiger partial charge on any atom is 0.287 e. The second kappa shape index (κ2) is 6.68. The summed E-state index contributed by atoms with van der Waals surface area (Å²) >= 11 is 1.32. The molecule has 0 aliphatic carbocycles. The van der Waals surface area contributed by atoms with Gasteiger partial charge in [0.05, 0.1) is 16.5 Å². The number of aromatic nitrogens is 1. The number of benzene rings is 1. The number of hydrogen-bond acceptors (Lipinski definition) is 7. The number of rotatable bonds is 4. The Labute approximate surface area is 152 Å². The number of amides is 2. The van der Waals surface area contributed by atoms with Crippen LogP contribution in [-0.4, -0.2) is 36.1 Å². The highest BCUT2D eigenvalue weighted by Gasteiger charge is 2.20. The van der Waals surface area contributed by atoms with E-state index in [2.05, 4.69) is 15.6 Å². The largest absolute Gasteiger partial charge is 0.486 e. The molecule has 0 bridgehead atoms. The van der Waals surface area contributed by atoms with Crippen LogP contribution in [0.15, 0.2) is 34.9 Å². The van der Waals surface area contributed by atoms with Gasteiger partial charge in [0.25, 0.3) is 5.91 Å². The Morgan fingerprint density at radius 2 is 2.00 bits per heavy atom. The molecule has 0 saturated carbocycles. The normalized spacial score (nSPS) is 14.0. The Kier molecular flexibility index (Phi) is 4.21. The van der Waals surface area contributed by atoms with Gasteiger partial charge < -0.3 is 24.5 Å². The van der Waals surface area contributed by atoms with Crippen LogP contribution in [-0.2, 0) is 4.79 Å². The molecule has 0 radical (unpaired) electrons. The van der Waals surface area contributed by atoms with Crippen molar-refractivity contribution in [1.29, 1.82) is 0 Å². The Bertz CT molecular complexity index is 923. The summed E-state index contributed by atoms with van der Waals surface area (Å²) in [6, 6.07) is 6.02. The molecule has 2 amide bonds. The number of thiazole rings is 1. The van der Waals surface area contributed by atoms with E-state index in [1.54, 1.807) is 19.1 Å². The minimum atomic E-state index is -0.750. The number of fused-ring (bicyclic) bond motifs is 2. The maximum atomic E-state index is 12.3. The molecule has 3 aromatic rings. The number of anilines is 1. The van der Waals surface area contributed by atoms with Gasteiger partial charge in [-0.25, -0.2) is 4.98 Å². The van der Waals surface area contributed by atoms with Gasteiger partial charge in [-0.05, 0) is 19.1 Å². The average molecular weight is 373 g/mol. The van der Waals surface area contributed by atoms with Gasteiger partial charge in [-0.1, -0.05) is 11.3 Å². The molecule has 4 rings (SSSR count). The number of furan rings is 1. The van der Waals surface area contributed by atoms with Gasteiger partial charge in [0.2, 0.25) is 5.91 Å². The lowest BCUT2D eigenvalue weighted by molar-refractivity contribution is -0.117. The molecule has 9 heteroatoms. The molecule has 2 N–H and O–H groups in total. The van der Waals surface area contributed by atoms with E-state index in [0.717, 1.165) is 4.70 Å². The Morgan fingerprint density at radius 3 is 2.73 bits per heavy atom. The first-order valence-corrected chi connectivity index (χ1v) is 8.77. The van der Waals surface area contributed by atoms with Crippen LogP contribution in [0.3, 0.4) is 0 Å². The van der Waals surface area contributed by atoms with Gasteiger partial charge in [-0.2, -0.15) is 0 Å². The van der Waals surface area contributed by atoms with Crippen LogP contribution in [0.4, 0.5) is 5.13 Å². The number of carbonyl (C=O) groups is 2. The first kappa shape index (κ1) is 16.4. The van der Waals surface area contributed by atoms with Gasteiger partial charge in [0.1, 0.15) is 19.3 Å². The van der Waals surface area contributed by atoms with Crippen molar-refractivity contribution in [1.82, 2.24) is 10.3 Å².